The summed E-state index contributed by atoms with van der Waals surface area (Å²) in [7, 11) is 1.59. The maximum Gasteiger partial charge on any atom is 0.165 e. The molecule has 0 atom stereocenters. The van der Waals surface area contributed by atoms with Crippen molar-refractivity contribution in [2.45, 2.75) is 38.2 Å². The quantitative estimate of drug-likeness (QED) is 0.612. The van der Waals surface area contributed by atoms with Crippen molar-refractivity contribution in [1.82, 2.24) is 0 Å². The predicted molar refractivity (Wildman–Crippen MR) is 75.0 cm³/mol. The Labute approximate surface area is 118 Å². The number of benzene rings is 1. The van der Waals surface area contributed by atoms with Crippen LogP contribution in [0.2, 0.25) is 0 Å². The van der Waals surface area contributed by atoms with Crippen LogP contribution >= 0.6 is 0 Å². The van der Waals surface area contributed by atoms with Crippen molar-refractivity contribution >= 4 is 6.29 Å². The number of hydrogen-bond donors (Lipinski definition) is 1. The third-order valence-corrected chi connectivity index (χ3v) is 3.67. The van der Waals surface area contributed by atoms with Gasteiger partial charge in [0.05, 0.1) is 19.8 Å². The van der Waals surface area contributed by atoms with Crippen LogP contribution in [0.3, 0.4) is 0 Å². The molecule has 0 aliphatic heterocycles. The van der Waals surface area contributed by atoms with Crippen molar-refractivity contribution in [1.29, 1.82) is 5.53 Å². The topological polar surface area (TPSA) is 71.7 Å². The number of carbonyl (C=O) groups excluding carboxylic acids is 1. The van der Waals surface area contributed by atoms with Crippen LogP contribution in [-0.4, -0.2) is 26.0 Å². The SMILES string of the molecule is COc1ccc(C=O)c(CCN=N)c1OC1CCCC1. The monoisotopic (exact) mass is 276 g/mol. The first-order valence-electron chi connectivity index (χ1n) is 6.95. The number of hydrogen-bond acceptors (Lipinski definition) is 5. The molecule has 0 bridgehead atoms. The maximum atomic E-state index is 11.2. The van der Waals surface area contributed by atoms with Gasteiger partial charge in [0.1, 0.15) is 6.29 Å². The third kappa shape index (κ3) is 3.15. The maximum absolute atomic E-state index is 11.2. The van der Waals surface area contributed by atoms with Gasteiger partial charge in [-0.15, -0.1) is 0 Å². The van der Waals surface area contributed by atoms with Crippen molar-refractivity contribution in [2.75, 3.05) is 13.7 Å². The number of ether oxygens (including phenoxy) is 2. The van der Waals surface area contributed by atoms with Gasteiger partial charge in [-0.3, -0.25) is 4.79 Å². The number of carbonyl (C=O) groups is 1. The van der Waals surface area contributed by atoms with E-state index in [9.17, 15) is 4.79 Å². The van der Waals surface area contributed by atoms with E-state index in [-0.39, 0.29) is 6.10 Å². The minimum Gasteiger partial charge on any atom is -0.493 e. The molecule has 1 fully saturated rings. The van der Waals surface area contributed by atoms with E-state index >= 15 is 0 Å². The lowest BCUT2D eigenvalue weighted by Gasteiger charge is -2.20. The molecule has 1 aliphatic rings. The number of nitrogens with one attached hydrogen (secondary N) is 1. The van der Waals surface area contributed by atoms with Crippen molar-refractivity contribution in [3.05, 3.63) is 23.3 Å². The summed E-state index contributed by atoms with van der Waals surface area (Å²) in [6.45, 7) is 0.342. The molecule has 0 unspecified atom stereocenters. The molecule has 0 radical (unpaired) electrons. The highest BCUT2D eigenvalue weighted by molar-refractivity contribution is 5.80. The zero-order valence-electron chi connectivity index (χ0n) is 11.7. The second-order valence-electron chi connectivity index (χ2n) is 4.94. The normalized spacial score (nSPS) is 15.1. The van der Waals surface area contributed by atoms with Gasteiger partial charge in [0.2, 0.25) is 0 Å². The first kappa shape index (κ1) is 14.5. The van der Waals surface area contributed by atoms with Gasteiger partial charge in [-0.05, 0) is 44.2 Å². The molecule has 1 aliphatic carbocycles. The fraction of sp³-hybridized carbons (Fsp3) is 0.533. The standard InChI is InChI=1S/C15H20N2O3/c1-19-14-7-6-11(10-18)13(8-9-17-16)15(14)20-12-4-2-3-5-12/h6-7,10,12,16H,2-5,8-9H2,1H3. The Morgan fingerprint density at radius 3 is 2.75 bits per heavy atom. The van der Waals surface area contributed by atoms with Crippen LogP contribution in [0.25, 0.3) is 0 Å². The van der Waals surface area contributed by atoms with Gasteiger partial charge in [0.15, 0.2) is 11.5 Å². The number of nitrogens with zero attached hydrogens (tertiary/aromatic N) is 1. The van der Waals surface area contributed by atoms with E-state index in [1.54, 1.807) is 19.2 Å². The Hall–Kier alpha value is -1.91. The number of aldehydes is 1. The second kappa shape index (κ2) is 7.03. The van der Waals surface area contributed by atoms with Crippen LogP contribution in [0, 0.1) is 5.53 Å². The van der Waals surface area contributed by atoms with E-state index in [4.69, 9.17) is 15.0 Å². The van der Waals surface area contributed by atoms with Gasteiger partial charge in [-0.25, -0.2) is 5.53 Å². The average molecular weight is 276 g/mol. The van der Waals surface area contributed by atoms with Gasteiger partial charge in [0.25, 0.3) is 0 Å². The largest absolute Gasteiger partial charge is 0.493 e. The third-order valence-electron chi connectivity index (χ3n) is 3.67. The zero-order chi connectivity index (χ0) is 14.4. The van der Waals surface area contributed by atoms with E-state index in [1.807, 2.05) is 0 Å². The summed E-state index contributed by atoms with van der Waals surface area (Å²) in [4.78, 5) is 11.2. The summed E-state index contributed by atoms with van der Waals surface area (Å²) < 4.78 is 11.4. The van der Waals surface area contributed by atoms with E-state index < -0.39 is 0 Å². The van der Waals surface area contributed by atoms with Crippen molar-refractivity contribution in [2.24, 2.45) is 5.11 Å². The van der Waals surface area contributed by atoms with Gasteiger partial charge < -0.3 is 9.47 Å². The molecule has 5 nitrogen and oxygen atoms in total. The number of methoxy groups -OCH3 is 1. The first-order valence-corrected chi connectivity index (χ1v) is 6.95. The Bertz CT molecular complexity index is 482. The average Bonchev–Trinajstić information content (AvgIpc) is 2.98. The minimum atomic E-state index is 0.192. The van der Waals surface area contributed by atoms with Gasteiger partial charge in [-0.2, -0.15) is 5.11 Å². The molecule has 5 heteroatoms. The molecule has 0 saturated heterocycles. The van der Waals surface area contributed by atoms with Gasteiger partial charge in [-0.1, -0.05) is 0 Å². The highest BCUT2D eigenvalue weighted by Gasteiger charge is 2.22. The first-order chi connectivity index (χ1) is 9.80. The lowest BCUT2D eigenvalue weighted by atomic mass is 10.0. The fourth-order valence-electron chi connectivity index (χ4n) is 2.62. The van der Waals surface area contributed by atoms with Crippen LogP contribution in [0.4, 0.5) is 0 Å². The lowest BCUT2D eigenvalue weighted by Crippen LogP contribution is -2.14. The molecular weight excluding hydrogens is 256 g/mol. The molecular formula is C15H20N2O3. The molecule has 0 amide bonds. The molecule has 2 rings (SSSR count). The number of rotatable bonds is 7. The molecule has 0 heterocycles. The summed E-state index contributed by atoms with van der Waals surface area (Å²) in [6.07, 6.45) is 5.96. The molecule has 1 aromatic carbocycles. The summed E-state index contributed by atoms with van der Waals surface area (Å²) in [5.41, 5.74) is 8.32. The zero-order valence-corrected chi connectivity index (χ0v) is 11.7. The van der Waals surface area contributed by atoms with Crippen molar-refractivity contribution < 1.29 is 14.3 Å². The van der Waals surface area contributed by atoms with Crippen molar-refractivity contribution in [3.8, 4) is 11.5 Å². The van der Waals surface area contributed by atoms with Gasteiger partial charge in [0, 0.05) is 11.1 Å². The Kier molecular flexibility index (Phi) is 5.09. The van der Waals surface area contributed by atoms with Crippen molar-refractivity contribution in [3.63, 3.8) is 0 Å². The lowest BCUT2D eigenvalue weighted by molar-refractivity contribution is 0.112. The summed E-state index contributed by atoms with van der Waals surface area (Å²) in [5.74, 6) is 1.29. The molecule has 108 valence electrons. The van der Waals surface area contributed by atoms with E-state index in [1.165, 1.54) is 12.8 Å². The molecule has 0 spiro atoms. The minimum absolute atomic E-state index is 0.192. The van der Waals surface area contributed by atoms with Crippen LogP contribution in [0.5, 0.6) is 11.5 Å². The predicted octanol–water partition coefficient (Wildman–Crippen LogP) is 3.40. The highest BCUT2D eigenvalue weighted by Crippen LogP contribution is 2.36. The molecule has 20 heavy (non-hydrogen) atoms. The van der Waals surface area contributed by atoms with E-state index in [2.05, 4.69) is 5.11 Å². The van der Waals surface area contributed by atoms with Crippen LogP contribution < -0.4 is 9.47 Å². The summed E-state index contributed by atoms with van der Waals surface area (Å²) in [5, 5.41) is 3.37. The summed E-state index contributed by atoms with van der Waals surface area (Å²) in [6, 6.07) is 3.49. The molecule has 1 saturated carbocycles. The van der Waals surface area contributed by atoms with Crippen LogP contribution in [-0.2, 0) is 6.42 Å². The van der Waals surface area contributed by atoms with E-state index in [0.717, 1.165) is 24.7 Å². The smallest absolute Gasteiger partial charge is 0.165 e. The Balaban J connectivity index is 2.35. The van der Waals surface area contributed by atoms with Crippen LogP contribution in [0.15, 0.2) is 17.2 Å². The van der Waals surface area contributed by atoms with Crippen LogP contribution in [0.1, 0.15) is 41.6 Å². The highest BCUT2D eigenvalue weighted by atomic mass is 16.5. The molecule has 1 aromatic rings. The fourth-order valence-corrected chi connectivity index (χ4v) is 2.62. The molecule has 0 aromatic heterocycles. The van der Waals surface area contributed by atoms with E-state index in [0.29, 0.717) is 30.0 Å². The second-order valence-corrected chi connectivity index (χ2v) is 4.94. The Morgan fingerprint density at radius 2 is 2.15 bits per heavy atom. The summed E-state index contributed by atoms with van der Waals surface area (Å²) >= 11 is 0. The van der Waals surface area contributed by atoms with Gasteiger partial charge >= 0.3 is 0 Å². The Morgan fingerprint density at radius 1 is 1.40 bits per heavy atom. The molecule has 1 N–H and O–H groups in total.